The van der Waals surface area contributed by atoms with Crippen molar-refractivity contribution in [2.24, 2.45) is 0 Å². The van der Waals surface area contributed by atoms with Crippen LogP contribution in [0.25, 0.3) is 0 Å². The number of thioether (sulfide) groups is 1. The number of aromatic amines is 1. The lowest BCUT2D eigenvalue weighted by Crippen LogP contribution is -2.18. The number of aromatic nitrogens is 4. The summed E-state index contributed by atoms with van der Waals surface area (Å²) in [5.41, 5.74) is 2.99. The Morgan fingerprint density at radius 3 is 2.77 bits per heavy atom. The van der Waals surface area contributed by atoms with Gasteiger partial charge in [0.2, 0.25) is 11.1 Å². The third-order valence-corrected chi connectivity index (χ3v) is 6.08. The van der Waals surface area contributed by atoms with Gasteiger partial charge in [0.25, 0.3) is 0 Å². The molecule has 2 heterocycles. The number of hydrogen-bond donors (Lipinski definition) is 2. The number of hydrogen-bond acceptors (Lipinski definition) is 5. The van der Waals surface area contributed by atoms with E-state index in [4.69, 9.17) is 0 Å². The molecule has 0 unspecified atom stereocenters. The second-order valence-corrected chi connectivity index (χ2v) is 8.32. The largest absolute Gasteiger partial charge is 0.326 e. The zero-order valence-electron chi connectivity index (χ0n) is 16.7. The molecule has 2 aromatic heterocycles. The van der Waals surface area contributed by atoms with Gasteiger partial charge in [0.05, 0.1) is 11.3 Å². The van der Waals surface area contributed by atoms with Gasteiger partial charge in [0, 0.05) is 18.2 Å². The Hall–Kier alpha value is -3.12. The minimum absolute atomic E-state index is 0.132. The van der Waals surface area contributed by atoms with Crippen molar-refractivity contribution < 1.29 is 9.18 Å². The first-order valence-corrected chi connectivity index (χ1v) is 10.6. The van der Waals surface area contributed by atoms with E-state index in [-0.39, 0.29) is 17.5 Å². The molecule has 1 saturated carbocycles. The number of H-pyrrole nitrogens is 1. The van der Waals surface area contributed by atoms with Crippen molar-refractivity contribution >= 4 is 23.5 Å². The number of nitrogens with zero attached hydrogens (tertiary/aromatic N) is 4. The highest BCUT2D eigenvalue weighted by Crippen LogP contribution is 2.38. The molecule has 4 rings (SSSR count). The van der Waals surface area contributed by atoms with Crippen molar-refractivity contribution in [3.63, 3.8) is 0 Å². The van der Waals surface area contributed by atoms with Gasteiger partial charge in [0.15, 0.2) is 0 Å². The van der Waals surface area contributed by atoms with Gasteiger partial charge in [-0.05, 0) is 49.9 Å². The van der Waals surface area contributed by atoms with Gasteiger partial charge >= 0.3 is 0 Å². The third-order valence-electron chi connectivity index (χ3n) is 5.23. The maximum absolute atomic E-state index is 13.2. The minimum atomic E-state index is -0.306. The highest BCUT2D eigenvalue weighted by Gasteiger charge is 2.27. The number of amides is 1. The summed E-state index contributed by atoms with van der Waals surface area (Å²) < 4.78 is 15.1. The molecular formula is C21H21FN6OS. The Balaban J connectivity index is 1.49. The predicted octanol–water partition coefficient (Wildman–Crippen LogP) is 3.89. The minimum Gasteiger partial charge on any atom is -0.326 e. The molecule has 0 spiro atoms. The quantitative estimate of drug-likeness (QED) is 0.561. The van der Waals surface area contributed by atoms with Gasteiger partial charge in [-0.3, -0.25) is 9.89 Å². The Morgan fingerprint density at radius 2 is 2.10 bits per heavy atom. The fourth-order valence-corrected chi connectivity index (χ4v) is 3.87. The van der Waals surface area contributed by atoms with E-state index in [0.717, 1.165) is 35.5 Å². The van der Waals surface area contributed by atoms with Crippen LogP contribution >= 0.6 is 11.8 Å². The molecule has 0 atom stereocenters. The molecule has 7 nitrogen and oxygen atoms in total. The molecule has 9 heteroatoms. The van der Waals surface area contributed by atoms with Crippen LogP contribution in [0.1, 0.15) is 47.0 Å². The van der Waals surface area contributed by atoms with Crippen molar-refractivity contribution in [1.29, 1.82) is 5.26 Å². The highest BCUT2D eigenvalue weighted by atomic mass is 32.2. The summed E-state index contributed by atoms with van der Waals surface area (Å²) in [5.74, 6) is 1.39. The number of carbonyl (C=O) groups excluding carboxylic acids is 1. The Morgan fingerprint density at radius 1 is 1.37 bits per heavy atom. The second kappa shape index (κ2) is 8.32. The molecule has 0 radical (unpaired) electrons. The van der Waals surface area contributed by atoms with Crippen LogP contribution in [-0.2, 0) is 11.3 Å². The molecule has 0 saturated heterocycles. The monoisotopic (exact) mass is 424 g/mol. The molecule has 1 fully saturated rings. The molecule has 3 aromatic rings. The normalized spacial score (nSPS) is 13.3. The van der Waals surface area contributed by atoms with Crippen LogP contribution in [0, 0.1) is 31.0 Å². The first-order chi connectivity index (χ1) is 14.5. The summed E-state index contributed by atoms with van der Waals surface area (Å²) in [4.78, 5) is 17.0. The number of rotatable bonds is 7. The predicted molar refractivity (Wildman–Crippen MR) is 112 cm³/mol. The molecule has 2 N–H and O–H groups in total. The molecule has 154 valence electrons. The van der Waals surface area contributed by atoms with Crippen LogP contribution < -0.4 is 5.32 Å². The van der Waals surface area contributed by atoms with Gasteiger partial charge in [0.1, 0.15) is 23.5 Å². The summed E-state index contributed by atoms with van der Waals surface area (Å²) in [6.07, 6.45) is 2.25. The van der Waals surface area contributed by atoms with Crippen molar-refractivity contribution in [3.8, 4) is 6.07 Å². The summed E-state index contributed by atoms with van der Waals surface area (Å²) in [7, 11) is 0. The van der Waals surface area contributed by atoms with Gasteiger partial charge in [-0.1, -0.05) is 23.9 Å². The van der Waals surface area contributed by atoms with Crippen molar-refractivity contribution in [1.82, 2.24) is 19.7 Å². The number of halogens is 1. The molecule has 1 aliphatic rings. The Bertz CT molecular complexity index is 1120. The van der Waals surface area contributed by atoms with E-state index in [2.05, 4.69) is 26.6 Å². The van der Waals surface area contributed by atoms with Gasteiger partial charge in [-0.15, -0.1) is 5.10 Å². The summed E-state index contributed by atoms with van der Waals surface area (Å²) in [5, 5.41) is 20.1. The van der Waals surface area contributed by atoms with Crippen LogP contribution in [0.2, 0.25) is 0 Å². The van der Waals surface area contributed by atoms with E-state index in [1.165, 1.54) is 23.9 Å². The molecule has 0 aliphatic heterocycles. The zero-order chi connectivity index (χ0) is 21.3. The first kappa shape index (κ1) is 20.2. The lowest BCUT2D eigenvalue weighted by atomic mass is 10.2. The number of nitriles is 1. The SMILES string of the molecule is Cc1c(C#N)c(NC(=O)CSc2n[nH]c(C3CC3)n2)n(Cc2ccc(F)cc2)c1C. The van der Waals surface area contributed by atoms with Crippen LogP contribution in [0.15, 0.2) is 29.4 Å². The number of anilines is 1. The standard InChI is InChI=1S/C21H21FN6OS/c1-12-13(2)28(10-14-3-7-16(22)8-4-14)20(17(12)9-23)24-18(29)11-30-21-25-19(26-27-21)15-5-6-15/h3-4,7-8,15H,5-6,10-11H2,1-2H3,(H,24,29)(H,25,26,27). The Labute approximate surface area is 177 Å². The van der Waals surface area contributed by atoms with E-state index in [1.54, 1.807) is 12.1 Å². The number of carbonyl (C=O) groups is 1. The Kier molecular flexibility index (Phi) is 5.59. The highest BCUT2D eigenvalue weighted by molar-refractivity contribution is 7.99. The molecule has 0 bridgehead atoms. The maximum atomic E-state index is 13.2. The topological polar surface area (TPSA) is 99.4 Å². The van der Waals surface area contributed by atoms with E-state index >= 15 is 0 Å². The summed E-state index contributed by atoms with van der Waals surface area (Å²) in [6, 6.07) is 8.37. The van der Waals surface area contributed by atoms with Crippen LogP contribution in [0.4, 0.5) is 10.2 Å². The third kappa shape index (κ3) is 4.24. The van der Waals surface area contributed by atoms with E-state index < -0.39 is 0 Å². The molecule has 1 aliphatic carbocycles. The second-order valence-electron chi connectivity index (χ2n) is 7.37. The van der Waals surface area contributed by atoms with Crippen LogP contribution in [-0.4, -0.2) is 31.4 Å². The van der Waals surface area contributed by atoms with Gasteiger partial charge < -0.3 is 9.88 Å². The van der Waals surface area contributed by atoms with Gasteiger partial charge in [-0.25, -0.2) is 9.37 Å². The first-order valence-electron chi connectivity index (χ1n) is 9.65. The zero-order valence-corrected chi connectivity index (χ0v) is 17.5. The fourth-order valence-electron chi connectivity index (χ4n) is 3.26. The summed E-state index contributed by atoms with van der Waals surface area (Å²) >= 11 is 1.25. The van der Waals surface area contributed by atoms with Crippen LogP contribution in [0.5, 0.6) is 0 Å². The van der Waals surface area contributed by atoms with Crippen molar-refractivity contribution in [2.45, 2.75) is 44.3 Å². The smallest absolute Gasteiger partial charge is 0.235 e. The average molecular weight is 425 g/mol. The van der Waals surface area contributed by atoms with E-state index in [9.17, 15) is 14.4 Å². The van der Waals surface area contributed by atoms with Gasteiger partial charge in [-0.2, -0.15) is 5.26 Å². The average Bonchev–Trinajstić information content (AvgIpc) is 3.44. The van der Waals surface area contributed by atoms with Crippen LogP contribution in [0.3, 0.4) is 0 Å². The molecule has 1 amide bonds. The van der Waals surface area contributed by atoms with Crippen molar-refractivity contribution in [2.75, 3.05) is 11.1 Å². The molecular weight excluding hydrogens is 403 g/mol. The summed E-state index contributed by atoms with van der Waals surface area (Å²) in [6.45, 7) is 4.17. The lowest BCUT2D eigenvalue weighted by Gasteiger charge is -2.13. The molecule has 30 heavy (non-hydrogen) atoms. The number of benzene rings is 1. The lowest BCUT2D eigenvalue weighted by molar-refractivity contribution is -0.113. The molecule has 1 aromatic carbocycles. The fraction of sp³-hybridized carbons (Fsp3) is 0.333. The van der Waals surface area contributed by atoms with Crippen molar-refractivity contribution in [3.05, 3.63) is 58.3 Å². The maximum Gasteiger partial charge on any atom is 0.235 e. The number of nitrogens with one attached hydrogen (secondary N) is 2. The van der Waals surface area contributed by atoms with E-state index in [1.807, 2.05) is 18.4 Å². The van der Waals surface area contributed by atoms with E-state index in [0.29, 0.717) is 29.0 Å².